The van der Waals surface area contributed by atoms with Crippen molar-refractivity contribution in [1.29, 1.82) is 0 Å². The Morgan fingerprint density at radius 2 is 1.19 bits per heavy atom. The Balaban J connectivity index is 2.44. The van der Waals surface area contributed by atoms with Crippen molar-refractivity contribution in [3.05, 3.63) is 59.7 Å². The van der Waals surface area contributed by atoms with Crippen molar-refractivity contribution >= 4 is 22.8 Å². The standard InChI is InChI=1S/C24H32N2/c1-5-7-14-23(25-21-12-10-9-11-13-21)24(15-8-6-2)26-22-17-19(3)16-20(4)18-22/h9-13,16-18H,5-8,14-15H2,1-4H3. The molecule has 0 aliphatic heterocycles. The normalized spacial score (nSPS) is 12.5. The van der Waals surface area contributed by atoms with Crippen molar-refractivity contribution in [2.24, 2.45) is 9.98 Å². The minimum atomic E-state index is 0.985. The van der Waals surface area contributed by atoms with Crippen LogP contribution >= 0.6 is 0 Å². The molecule has 2 heteroatoms. The minimum Gasteiger partial charge on any atom is -0.252 e. The summed E-state index contributed by atoms with van der Waals surface area (Å²) in [6.07, 6.45) is 6.58. The average molecular weight is 349 g/mol. The largest absolute Gasteiger partial charge is 0.252 e. The van der Waals surface area contributed by atoms with Crippen LogP contribution in [-0.4, -0.2) is 11.4 Å². The molecule has 0 N–H and O–H groups in total. The summed E-state index contributed by atoms with van der Waals surface area (Å²) in [6, 6.07) is 16.8. The Kier molecular flexibility index (Phi) is 8.27. The molecule has 0 radical (unpaired) electrons. The van der Waals surface area contributed by atoms with Crippen LogP contribution in [0.25, 0.3) is 0 Å². The highest BCUT2D eigenvalue weighted by atomic mass is 14.8. The molecule has 2 aromatic rings. The molecule has 0 saturated heterocycles. The van der Waals surface area contributed by atoms with E-state index in [1.54, 1.807) is 0 Å². The highest BCUT2D eigenvalue weighted by Gasteiger charge is 2.10. The predicted molar refractivity (Wildman–Crippen MR) is 116 cm³/mol. The third-order valence-electron chi connectivity index (χ3n) is 4.36. The fraction of sp³-hybridized carbons (Fsp3) is 0.417. The first kappa shape index (κ1) is 20.1. The first-order valence-corrected chi connectivity index (χ1v) is 9.91. The molecule has 0 spiro atoms. The van der Waals surface area contributed by atoms with Gasteiger partial charge in [0.25, 0.3) is 0 Å². The van der Waals surface area contributed by atoms with Crippen LogP contribution in [0, 0.1) is 13.8 Å². The highest BCUT2D eigenvalue weighted by molar-refractivity contribution is 6.43. The number of aliphatic imine (C=N–C) groups is 2. The second-order valence-electron chi connectivity index (χ2n) is 7.01. The van der Waals surface area contributed by atoms with E-state index in [9.17, 15) is 0 Å². The molecule has 0 aromatic heterocycles. The van der Waals surface area contributed by atoms with E-state index >= 15 is 0 Å². The van der Waals surface area contributed by atoms with E-state index in [2.05, 4.69) is 58.0 Å². The maximum absolute atomic E-state index is 5.05. The van der Waals surface area contributed by atoms with E-state index in [-0.39, 0.29) is 0 Å². The lowest BCUT2D eigenvalue weighted by Gasteiger charge is -2.11. The number of benzene rings is 2. The van der Waals surface area contributed by atoms with Gasteiger partial charge in [0, 0.05) is 0 Å². The van der Waals surface area contributed by atoms with Crippen molar-refractivity contribution in [3.8, 4) is 0 Å². The second kappa shape index (κ2) is 10.7. The van der Waals surface area contributed by atoms with Gasteiger partial charge in [0.1, 0.15) is 0 Å². The third-order valence-corrected chi connectivity index (χ3v) is 4.36. The van der Waals surface area contributed by atoms with Crippen LogP contribution < -0.4 is 0 Å². The van der Waals surface area contributed by atoms with E-state index in [0.717, 1.165) is 54.9 Å². The average Bonchev–Trinajstić information content (AvgIpc) is 2.62. The zero-order valence-electron chi connectivity index (χ0n) is 16.8. The SMILES string of the molecule is CCCCC(=Nc1ccccc1)C(CCCC)=Nc1cc(C)cc(C)c1. The van der Waals surface area contributed by atoms with Gasteiger partial charge < -0.3 is 0 Å². The molecule has 0 bridgehead atoms. The Morgan fingerprint density at radius 1 is 0.692 bits per heavy atom. The summed E-state index contributed by atoms with van der Waals surface area (Å²) in [5.41, 5.74) is 6.87. The molecule has 0 amide bonds. The molecule has 0 aliphatic carbocycles. The van der Waals surface area contributed by atoms with Crippen molar-refractivity contribution < 1.29 is 0 Å². The zero-order chi connectivity index (χ0) is 18.8. The van der Waals surface area contributed by atoms with Crippen LogP contribution in [0.3, 0.4) is 0 Å². The lowest BCUT2D eigenvalue weighted by Crippen LogP contribution is -2.14. The van der Waals surface area contributed by atoms with Gasteiger partial charge >= 0.3 is 0 Å². The van der Waals surface area contributed by atoms with Gasteiger partial charge in [-0.25, -0.2) is 0 Å². The van der Waals surface area contributed by atoms with Gasteiger partial charge in [-0.05, 0) is 74.9 Å². The maximum atomic E-state index is 5.05. The van der Waals surface area contributed by atoms with Gasteiger partial charge in [-0.3, -0.25) is 9.98 Å². The van der Waals surface area contributed by atoms with Crippen molar-refractivity contribution in [2.45, 2.75) is 66.2 Å². The molecule has 2 aromatic carbocycles. The highest BCUT2D eigenvalue weighted by Crippen LogP contribution is 2.21. The first-order valence-electron chi connectivity index (χ1n) is 9.91. The molecule has 0 heterocycles. The Bertz CT molecular complexity index is 722. The van der Waals surface area contributed by atoms with E-state index in [1.807, 2.05) is 18.2 Å². The van der Waals surface area contributed by atoms with Gasteiger partial charge in [-0.1, -0.05) is 51.0 Å². The topological polar surface area (TPSA) is 24.7 Å². The molecule has 26 heavy (non-hydrogen) atoms. The van der Waals surface area contributed by atoms with Crippen LogP contribution in [0.2, 0.25) is 0 Å². The molecule has 0 saturated carbocycles. The van der Waals surface area contributed by atoms with Crippen LogP contribution in [-0.2, 0) is 0 Å². The van der Waals surface area contributed by atoms with Crippen LogP contribution in [0.4, 0.5) is 11.4 Å². The Hall–Kier alpha value is -2.22. The molecule has 0 aliphatic rings. The molecule has 2 rings (SSSR count). The lowest BCUT2D eigenvalue weighted by molar-refractivity contribution is 0.824. The van der Waals surface area contributed by atoms with Crippen molar-refractivity contribution in [1.82, 2.24) is 0 Å². The summed E-state index contributed by atoms with van der Waals surface area (Å²) < 4.78 is 0. The van der Waals surface area contributed by atoms with E-state index in [1.165, 1.54) is 17.5 Å². The summed E-state index contributed by atoms with van der Waals surface area (Å²) in [7, 11) is 0. The molecular formula is C24H32N2. The number of aryl methyl sites for hydroxylation is 2. The number of unbranched alkanes of at least 4 members (excludes halogenated alkanes) is 2. The minimum absolute atomic E-state index is 0.985. The van der Waals surface area contributed by atoms with Gasteiger partial charge in [-0.2, -0.15) is 0 Å². The smallest absolute Gasteiger partial charge is 0.0639 e. The molecule has 138 valence electrons. The summed E-state index contributed by atoms with van der Waals surface area (Å²) in [5.74, 6) is 0. The number of hydrogen-bond donors (Lipinski definition) is 0. The molecule has 0 fully saturated rings. The summed E-state index contributed by atoms with van der Waals surface area (Å²) in [5, 5.41) is 0. The molecular weight excluding hydrogens is 316 g/mol. The third kappa shape index (κ3) is 6.59. The number of rotatable bonds is 9. The fourth-order valence-electron chi connectivity index (χ4n) is 3.05. The van der Waals surface area contributed by atoms with Crippen LogP contribution in [0.5, 0.6) is 0 Å². The van der Waals surface area contributed by atoms with Gasteiger partial charge in [0.15, 0.2) is 0 Å². The van der Waals surface area contributed by atoms with Crippen molar-refractivity contribution in [3.63, 3.8) is 0 Å². The molecule has 0 unspecified atom stereocenters. The van der Waals surface area contributed by atoms with Crippen LogP contribution in [0.1, 0.15) is 63.5 Å². The summed E-state index contributed by atoms with van der Waals surface area (Å²) in [4.78, 5) is 10.0. The Morgan fingerprint density at radius 3 is 1.69 bits per heavy atom. The monoisotopic (exact) mass is 348 g/mol. The van der Waals surface area contributed by atoms with E-state index in [0.29, 0.717) is 0 Å². The first-order chi connectivity index (χ1) is 12.6. The number of para-hydroxylation sites is 1. The van der Waals surface area contributed by atoms with E-state index < -0.39 is 0 Å². The quantitative estimate of drug-likeness (QED) is 0.418. The van der Waals surface area contributed by atoms with E-state index in [4.69, 9.17) is 9.98 Å². The second-order valence-corrected chi connectivity index (χ2v) is 7.01. The summed E-state index contributed by atoms with van der Waals surface area (Å²) in [6.45, 7) is 8.73. The zero-order valence-corrected chi connectivity index (χ0v) is 16.8. The van der Waals surface area contributed by atoms with Crippen molar-refractivity contribution in [2.75, 3.05) is 0 Å². The van der Waals surface area contributed by atoms with Gasteiger partial charge in [0.05, 0.1) is 22.8 Å². The predicted octanol–water partition coefficient (Wildman–Crippen LogP) is 7.53. The Labute approximate surface area is 159 Å². The maximum Gasteiger partial charge on any atom is 0.0639 e. The number of nitrogens with zero attached hydrogens (tertiary/aromatic N) is 2. The summed E-state index contributed by atoms with van der Waals surface area (Å²) >= 11 is 0. The lowest BCUT2D eigenvalue weighted by atomic mass is 10.0. The fourth-order valence-corrected chi connectivity index (χ4v) is 3.05. The molecule has 0 atom stereocenters. The van der Waals surface area contributed by atoms with Crippen LogP contribution in [0.15, 0.2) is 58.5 Å². The molecule has 2 nitrogen and oxygen atoms in total. The van der Waals surface area contributed by atoms with Gasteiger partial charge in [0.2, 0.25) is 0 Å². The van der Waals surface area contributed by atoms with Gasteiger partial charge in [-0.15, -0.1) is 0 Å². The number of hydrogen-bond acceptors (Lipinski definition) is 2.